The van der Waals surface area contributed by atoms with Crippen LogP contribution in [-0.4, -0.2) is 53.2 Å². The second-order valence-corrected chi connectivity index (χ2v) is 10.6. The highest BCUT2D eigenvalue weighted by Crippen LogP contribution is 2.28. The van der Waals surface area contributed by atoms with E-state index in [1.807, 2.05) is 24.4 Å². The fourth-order valence-corrected chi connectivity index (χ4v) is 5.14. The van der Waals surface area contributed by atoms with Crippen LogP contribution in [0.2, 0.25) is 0 Å². The van der Waals surface area contributed by atoms with E-state index in [0.717, 1.165) is 81.7 Å². The SMILES string of the molecule is C=C(c1ccc(-c2ccc(CCC3CCN(CC(C)(C)F)CC3)cn2)cc1F)N1CCCC1.C=CN. The van der Waals surface area contributed by atoms with Gasteiger partial charge in [-0.25, -0.2) is 8.78 Å². The Morgan fingerprint density at radius 3 is 2.36 bits per heavy atom. The first-order valence-corrected chi connectivity index (χ1v) is 13.1. The summed E-state index contributed by atoms with van der Waals surface area (Å²) in [6, 6.07) is 9.44. The molecule has 6 heteroatoms. The molecule has 4 nitrogen and oxygen atoms in total. The summed E-state index contributed by atoms with van der Waals surface area (Å²) in [6.45, 7) is 15.0. The molecular formula is C30H42F2N4. The highest BCUT2D eigenvalue weighted by molar-refractivity contribution is 5.67. The normalized spacial score (nSPS) is 16.9. The average Bonchev–Trinajstić information content (AvgIpc) is 3.38. The van der Waals surface area contributed by atoms with Crippen LogP contribution in [0.5, 0.6) is 0 Å². The van der Waals surface area contributed by atoms with Crippen molar-refractivity contribution in [1.29, 1.82) is 0 Å². The smallest absolute Gasteiger partial charge is 0.133 e. The van der Waals surface area contributed by atoms with Crippen molar-refractivity contribution < 1.29 is 8.78 Å². The van der Waals surface area contributed by atoms with Gasteiger partial charge in [-0.1, -0.05) is 25.3 Å². The van der Waals surface area contributed by atoms with Crippen LogP contribution in [0.15, 0.2) is 55.9 Å². The van der Waals surface area contributed by atoms with Crippen LogP contribution >= 0.6 is 0 Å². The van der Waals surface area contributed by atoms with Crippen LogP contribution in [0.3, 0.4) is 0 Å². The van der Waals surface area contributed by atoms with Gasteiger partial charge in [-0.2, -0.15) is 0 Å². The third kappa shape index (κ3) is 8.16. The second-order valence-electron chi connectivity index (χ2n) is 10.6. The minimum Gasteiger partial charge on any atom is -0.405 e. The van der Waals surface area contributed by atoms with Crippen LogP contribution < -0.4 is 5.73 Å². The predicted molar refractivity (Wildman–Crippen MR) is 147 cm³/mol. The molecule has 0 radical (unpaired) electrons. The molecule has 2 aromatic rings. The zero-order chi connectivity index (χ0) is 26.1. The molecule has 36 heavy (non-hydrogen) atoms. The molecule has 196 valence electrons. The Balaban J connectivity index is 0.00000115. The fraction of sp³-hybridized carbons (Fsp3) is 0.500. The summed E-state index contributed by atoms with van der Waals surface area (Å²) in [7, 11) is 0. The van der Waals surface area contributed by atoms with Crippen molar-refractivity contribution in [2.75, 3.05) is 32.7 Å². The Morgan fingerprint density at radius 2 is 1.81 bits per heavy atom. The number of aryl methyl sites for hydroxylation is 1. The highest BCUT2D eigenvalue weighted by Gasteiger charge is 2.25. The first-order chi connectivity index (χ1) is 17.2. The van der Waals surface area contributed by atoms with E-state index in [-0.39, 0.29) is 5.82 Å². The minimum atomic E-state index is -1.12. The molecule has 2 saturated heterocycles. The maximum Gasteiger partial charge on any atom is 0.133 e. The molecule has 1 aromatic carbocycles. The second kappa shape index (κ2) is 13.0. The molecule has 2 aliphatic rings. The molecule has 0 saturated carbocycles. The zero-order valence-corrected chi connectivity index (χ0v) is 22.0. The molecule has 4 rings (SSSR count). The topological polar surface area (TPSA) is 45.4 Å². The molecule has 0 bridgehead atoms. The van der Waals surface area contributed by atoms with Gasteiger partial charge in [0.15, 0.2) is 0 Å². The number of nitrogens with two attached hydrogens (primary N) is 1. The Kier molecular flexibility index (Phi) is 10.1. The molecule has 0 atom stereocenters. The van der Waals surface area contributed by atoms with E-state index >= 15 is 0 Å². The maximum absolute atomic E-state index is 14.8. The predicted octanol–water partition coefficient (Wildman–Crippen LogP) is 6.44. The number of piperidine rings is 1. The number of rotatable bonds is 8. The molecule has 2 N–H and O–H groups in total. The van der Waals surface area contributed by atoms with Crippen LogP contribution in [0, 0.1) is 11.7 Å². The van der Waals surface area contributed by atoms with Crippen LogP contribution in [0.4, 0.5) is 8.78 Å². The Morgan fingerprint density at radius 1 is 1.14 bits per heavy atom. The summed E-state index contributed by atoms with van der Waals surface area (Å²) in [4.78, 5) is 9.02. The van der Waals surface area contributed by atoms with Crippen molar-refractivity contribution >= 4 is 5.70 Å². The lowest BCUT2D eigenvalue weighted by Crippen LogP contribution is -2.41. The molecular weight excluding hydrogens is 454 g/mol. The number of pyridine rings is 1. The minimum absolute atomic E-state index is 0.238. The molecule has 2 fully saturated rings. The summed E-state index contributed by atoms with van der Waals surface area (Å²) >= 11 is 0. The van der Waals surface area contributed by atoms with Crippen molar-refractivity contribution in [3.63, 3.8) is 0 Å². The Bertz CT molecular complexity index is 983. The van der Waals surface area contributed by atoms with E-state index < -0.39 is 5.67 Å². The quantitative estimate of drug-likeness (QED) is 0.457. The monoisotopic (exact) mass is 496 g/mol. The van der Waals surface area contributed by atoms with Gasteiger partial charge in [0.2, 0.25) is 0 Å². The number of alkyl halides is 1. The molecule has 1 aromatic heterocycles. The molecule has 0 aliphatic carbocycles. The van der Waals surface area contributed by atoms with E-state index in [1.54, 1.807) is 19.9 Å². The third-order valence-corrected chi connectivity index (χ3v) is 7.04. The summed E-state index contributed by atoms with van der Waals surface area (Å²) in [5.41, 5.74) is 7.65. The van der Waals surface area contributed by atoms with Crippen LogP contribution in [0.1, 0.15) is 57.1 Å². The van der Waals surface area contributed by atoms with Gasteiger partial charge in [-0.15, -0.1) is 0 Å². The van der Waals surface area contributed by atoms with E-state index in [0.29, 0.717) is 18.0 Å². The van der Waals surface area contributed by atoms with Gasteiger partial charge in [-0.3, -0.25) is 4.98 Å². The van der Waals surface area contributed by atoms with Crippen molar-refractivity contribution in [1.82, 2.24) is 14.8 Å². The van der Waals surface area contributed by atoms with Gasteiger partial charge >= 0.3 is 0 Å². The molecule has 3 heterocycles. The van der Waals surface area contributed by atoms with Crippen molar-refractivity contribution in [3.8, 4) is 11.3 Å². The summed E-state index contributed by atoms with van der Waals surface area (Å²) < 4.78 is 28.7. The largest absolute Gasteiger partial charge is 0.405 e. The van der Waals surface area contributed by atoms with Crippen molar-refractivity contribution in [2.45, 2.75) is 58.0 Å². The molecule has 0 amide bonds. The maximum atomic E-state index is 14.8. The average molecular weight is 497 g/mol. The number of aromatic nitrogens is 1. The number of halogens is 2. The van der Waals surface area contributed by atoms with Gasteiger partial charge in [0, 0.05) is 42.7 Å². The van der Waals surface area contributed by atoms with Gasteiger partial charge in [0.25, 0.3) is 0 Å². The summed E-state index contributed by atoms with van der Waals surface area (Å²) in [5, 5.41) is 0. The van der Waals surface area contributed by atoms with E-state index in [4.69, 9.17) is 0 Å². The van der Waals surface area contributed by atoms with Crippen molar-refractivity contribution in [3.05, 3.63) is 72.8 Å². The standard InChI is InChI=1S/C28H37F2N3.C2H5N/c1-21(33-14-4-5-15-33)25-10-9-24(18-26(25)29)27-11-8-23(19-31-27)7-6-22-12-16-32(17-13-22)20-28(2,3)30;1-2-3/h8-11,18-19,22H,1,4-7,12-17,20H2,2-3H3;2H,1,3H2. The number of nitrogens with zero attached hydrogens (tertiary/aromatic N) is 3. The van der Waals surface area contributed by atoms with E-state index in [2.05, 4.69) is 39.7 Å². The first kappa shape index (κ1) is 27.9. The van der Waals surface area contributed by atoms with Gasteiger partial charge in [-0.05, 0) is 101 Å². The number of benzene rings is 1. The van der Waals surface area contributed by atoms with Gasteiger partial charge in [0.05, 0.1) is 5.69 Å². The van der Waals surface area contributed by atoms with Crippen LogP contribution in [0.25, 0.3) is 17.0 Å². The first-order valence-electron chi connectivity index (χ1n) is 13.1. The third-order valence-electron chi connectivity index (χ3n) is 7.04. The number of likely N-dealkylation sites (tertiary alicyclic amines) is 2. The molecule has 0 spiro atoms. The van der Waals surface area contributed by atoms with Gasteiger partial charge < -0.3 is 15.5 Å². The van der Waals surface area contributed by atoms with Gasteiger partial charge in [0.1, 0.15) is 11.5 Å². The zero-order valence-electron chi connectivity index (χ0n) is 22.0. The summed E-state index contributed by atoms with van der Waals surface area (Å²) in [5.74, 6) is 0.451. The summed E-state index contributed by atoms with van der Waals surface area (Å²) in [6.07, 6.45) is 9.86. The lowest BCUT2D eigenvalue weighted by molar-refractivity contribution is 0.0943. The lowest BCUT2D eigenvalue weighted by atomic mass is 9.90. The highest BCUT2D eigenvalue weighted by atomic mass is 19.1. The number of hydrogen-bond acceptors (Lipinski definition) is 4. The van der Waals surface area contributed by atoms with Crippen LogP contribution in [-0.2, 0) is 6.42 Å². The van der Waals surface area contributed by atoms with Crippen molar-refractivity contribution in [2.24, 2.45) is 11.7 Å². The Hall–Kier alpha value is -2.73. The number of hydrogen-bond donors (Lipinski definition) is 1. The lowest BCUT2D eigenvalue weighted by Gasteiger charge is -2.34. The Labute approximate surface area is 215 Å². The molecule has 2 aliphatic heterocycles. The molecule has 0 unspecified atom stereocenters. The van der Waals surface area contributed by atoms with E-state index in [1.165, 1.54) is 11.8 Å². The van der Waals surface area contributed by atoms with E-state index in [9.17, 15) is 8.78 Å². The fourth-order valence-electron chi connectivity index (χ4n) is 5.14.